The molecule has 1 unspecified atom stereocenters. The van der Waals surface area contributed by atoms with Gasteiger partial charge in [0, 0.05) is 17.8 Å². The van der Waals surface area contributed by atoms with Crippen LogP contribution in [0, 0.1) is 0 Å². The van der Waals surface area contributed by atoms with E-state index in [1.54, 1.807) is 11.3 Å². The summed E-state index contributed by atoms with van der Waals surface area (Å²) < 4.78 is 0. The van der Waals surface area contributed by atoms with Gasteiger partial charge in [-0.2, -0.15) is 0 Å². The van der Waals surface area contributed by atoms with Crippen molar-refractivity contribution in [2.75, 3.05) is 6.54 Å². The number of rotatable bonds is 5. The molecule has 0 radical (unpaired) electrons. The Balaban J connectivity index is 2.66. The summed E-state index contributed by atoms with van der Waals surface area (Å²) >= 11 is 1.76. The topological polar surface area (TPSA) is 38.9 Å². The van der Waals surface area contributed by atoms with Crippen molar-refractivity contribution in [3.05, 3.63) is 16.1 Å². The molecule has 74 valence electrons. The third-order valence-electron chi connectivity index (χ3n) is 2.20. The Morgan fingerprint density at radius 1 is 1.54 bits per heavy atom. The number of nitrogens with two attached hydrogens (primary N) is 1. The van der Waals surface area contributed by atoms with Crippen LogP contribution in [0.1, 0.15) is 43.3 Å². The number of hydrogen-bond acceptors (Lipinski definition) is 3. The molecule has 0 fully saturated rings. The summed E-state index contributed by atoms with van der Waals surface area (Å²) in [4.78, 5) is 4.58. The van der Waals surface area contributed by atoms with E-state index in [4.69, 9.17) is 5.73 Å². The van der Waals surface area contributed by atoms with Crippen molar-refractivity contribution < 1.29 is 0 Å². The minimum Gasteiger partial charge on any atom is -0.330 e. The van der Waals surface area contributed by atoms with E-state index in [1.807, 2.05) is 0 Å². The van der Waals surface area contributed by atoms with Crippen LogP contribution in [0.15, 0.2) is 5.38 Å². The predicted molar refractivity (Wildman–Crippen MR) is 58.2 cm³/mol. The van der Waals surface area contributed by atoms with E-state index in [-0.39, 0.29) is 0 Å². The van der Waals surface area contributed by atoms with Gasteiger partial charge in [-0.05, 0) is 12.8 Å². The van der Waals surface area contributed by atoms with Gasteiger partial charge in [-0.25, -0.2) is 4.98 Å². The smallest absolute Gasteiger partial charge is 0.0971 e. The highest BCUT2D eigenvalue weighted by atomic mass is 32.1. The second-order valence-corrected chi connectivity index (χ2v) is 4.16. The van der Waals surface area contributed by atoms with Gasteiger partial charge >= 0.3 is 0 Å². The maximum atomic E-state index is 5.67. The quantitative estimate of drug-likeness (QED) is 0.789. The standard InChI is InChI=1S/C10H18N2S/c1-3-5-9-7-13-10(12-9)8(4-2)6-11/h7-8H,3-6,11H2,1-2H3. The van der Waals surface area contributed by atoms with Crippen molar-refractivity contribution in [1.82, 2.24) is 4.98 Å². The minimum absolute atomic E-state index is 0.468. The van der Waals surface area contributed by atoms with Gasteiger partial charge in [0.15, 0.2) is 0 Å². The van der Waals surface area contributed by atoms with E-state index < -0.39 is 0 Å². The molecule has 1 aromatic heterocycles. The molecule has 0 saturated carbocycles. The van der Waals surface area contributed by atoms with Crippen LogP contribution >= 0.6 is 11.3 Å². The Hall–Kier alpha value is -0.410. The van der Waals surface area contributed by atoms with E-state index in [1.165, 1.54) is 17.1 Å². The fourth-order valence-electron chi connectivity index (χ4n) is 1.32. The van der Waals surface area contributed by atoms with Crippen LogP contribution < -0.4 is 5.73 Å². The van der Waals surface area contributed by atoms with Crippen molar-refractivity contribution in [3.8, 4) is 0 Å². The van der Waals surface area contributed by atoms with E-state index in [0.29, 0.717) is 5.92 Å². The first-order valence-corrected chi connectivity index (χ1v) is 5.84. The molecule has 0 aromatic carbocycles. The molecule has 2 nitrogen and oxygen atoms in total. The zero-order valence-corrected chi connectivity index (χ0v) is 9.23. The second kappa shape index (κ2) is 5.35. The Bertz CT molecular complexity index is 241. The molecular formula is C10H18N2S. The zero-order chi connectivity index (χ0) is 9.68. The second-order valence-electron chi connectivity index (χ2n) is 3.27. The van der Waals surface area contributed by atoms with Crippen molar-refractivity contribution in [2.45, 2.75) is 39.0 Å². The fraction of sp³-hybridized carbons (Fsp3) is 0.700. The number of hydrogen-bond donors (Lipinski definition) is 1. The molecule has 1 atom stereocenters. The first kappa shape index (κ1) is 10.7. The normalized spacial score (nSPS) is 13.2. The highest BCUT2D eigenvalue weighted by molar-refractivity contribution is 7.09. The maximum absolute atomic E-state index is 5.67. The summed E-state index contributed by atoms with van der Waals surface area (Å²) in [6, 6.07) is 0. The third kappa shape index (κ3) is 2.78. The number of thiazole rings is 1. The Labute approximate surface area is 84.2 Å². The van der Waals surface area contributed by atoms with Gasteiger partial charge in [-0.3, -0.25) is 0 Å². The van der Waals surface area contributed by atoms with Crippen molar-refractivity contribution in [1.29, 1.82) is 0 Å². The van der Waals surface area contributed by atoms with E-state index >= 15 is 0 Å². The van der Waals surface area contributed by atoms with Crippen molar-refractivity contribution in [2.24, 2.45) is 5.73 Å². The Kier molecular flexibility index (Phi) is 4.39. The highest BCUT2D eigenvalue weighted by Gasteiger charge is 2.11. The van der Waals surface area contributed by atoms with Gasteiger partial charge < -0.3 is 5.73 Å². The zero-order valence-electron chi connectivity index (χ0n) is 8.42. The van der Waals surface area contributed by atoms with Crippen LogP contribution in [0.4, 0.5) is 0 Å². The molecule has 3 heteroatoms. The van der Waals surface area contributed by atoms with Crippen LogP contribution in [0.5, 0.6) is 0 Å². The van der Waals surface area contributed by atoms with Gasteiger partial charge in [-0.1, -0.05) is 20.3 Å². The molecule has 13 heavy (non-hydrogen) atoms. The van der Waals surface area contributed by atoms with Gasteiger partial charge in [0.25, 0.3) is 0 Å². The molecule has 2 N–H and O–H groups in total. The van der Waals surface area contributed by atoms with Gasteiger partial charge in [-0.15, -0.1) is 11.3 Å². The summed E-state index contributed by atoms with van der Waals surface area (Å²) in [5.74, 6) is 0.468. The summed E-state index contributed by atoms with van der Waals surface area (Å²) in [5, 5.41) is 3.38. The Morgan fingerprint density at radius 2 is 2.31 bits per heavy atom. The van der Waals surface area contributed by atoms with E-state index in [0.717, 1.165) is 19.4 Å². The fourth-order valence-corrected chi connectivity index (χ4v) is 2.38. The van der Waals surface area contributed by atoms with Gasteiger partial charge in [0.05, 0.1) is 10.7 Å². The largest absolute Gasteiger partial charge is 0.330 e. The van der Waals surface area contributed by atoms with Crippen molar-refractivity contribution in [3.63, 3.8) is 0 Å². The molecule has 0 aliphatic carbocycles. The molecule has 0 amide bonds. The molecule has 1 heterocycles. The monoisotopic (exact) mass is 198 g/mol. The molecule has 1 rings (SSSR count). The van der Waals surface area contributed by atoms with Gasteiger partial charge in [0.2, 0.25) is 0 Å². The van der Waals surface area contributed by atoms with Crippen LogP contribution in [-0.4, -0.2) is 11.5 Å². The summed E-state index contributed by atoms with van der Waals surface area (Å²) in [6.07, 6.45) is 3.36. The number of nitrogens with zero attached hydrogens (tertiary/aromatic N) is 1. The van der Waals surface area contributed by atoms with Crippen LogP contribution in [0.25, 0.3) is 0 Å². The lowest BCUT2D eigenvalue weighted by molar-refractivity contribution is 0.665. The third-order valence-corrected chi connectivity index (χ3v) is 3.26. The SMILES string of the molecule is CCCc1csc(C(CC)CN)n1. The average Bonchev–Trinajstić information content (AvgIpc) is 2.56. The van der Waals surface area contributed by atoms with Crippen LogP contribution in [0.2, 0.25) is 0 Å². The first-order chi connectivity index (χ1) is 6.31. The lowest BCUT2D eigenvalue weighted by atomic mass is 10.1. The van der Waals surface area contributed by atoms with Crippen molar-refractivity contribution >= 4 is 11.3 Å². The minimum atomic E-state index is 0.468. The lowest BCUT2D eigenvalue weighted by Gasteiger charge is -2.06. The molecule has 0 aliphatic rings. The summed E-state index contributed by atoms with van der Waals surface area (Å²) in [7, 11) is 0. The molecular weight excluding hydrogens is 180 g/mol. The molecule has 0 saturated heterocycles. The predicted octanol–water partition coefficient (Wildman–Crippen LogP) is 2.55. The van der Waals surface area contributed by atoms with Crippen LogP contribution in [0.3, 0.4) is 0 Å². The molecule has 1 aromatic rings. The maximum Gasteiger partial charge on any atom is 0.0971 e. The van der Waals surface area contributed by atoms with Crippen LogP contribution in [-0.2, 0) is 6.42 Å². The number of aromatic nitrogens is 1. The lowest BCUT2D eigenvalue weighted by Crippen LogP contribution is -2.11. The highest BCUT2D eigenvalue weighted by Crippen LogP contribution is 2.22. The van der Waals surface area contributed by atoms with E-state index in [2.05, 4.69) is 24.2 Å². The summed E-state index contributed by atoms with van der Waals surface area (Å²) in [5.41, 5.74) is 6.90. The number of aryl methyl sites for hydroxylation is 1. The molecule has 0 spiro atoms. The Morgan fingerprint density at radius 3 is 2.85 bits per heavy atom. The average molecular weight is 198 g/mol. The van der Waals surface area contributed by atoms with E-state index in [9.17, 15) is 0 Å². The summed E-state index contributed by atoms with van der Waals surface area (Å²) in [6.45, 7) is 5.06. The molecule has 0 aliphatic heterocycles. The molecule has 0 bridgehead atoms. The van der Waals surface area contributed by atoms with Gasteiger partial charge in [0.1, 0.15) is 0 Å². The first-order valence-electron chi connectivity index (χ1n) is 4.96.